The van der Waals surface area contributed by atoms with Gasteiger partial charge in [-0.1, -0.05) is 66.7 Å². The Morgan fingerprint density at radius 2 is 1.10 bits per heavy atom. The van der Waals surface area contributed by atoms with E-state index in [-0.39, 0.29) is 0 Å². The maximum atomic E-state index is 9.98. The first-order valence-electron chi connectivity index (χ1n) is 13.6. The number of nitriles is 2. The summed E-state index contributed by atoms with van der Waals surface area (Å²) in [7, 11) is 0. The van der Waals surface area contributed by atoms with Crippen LogP contribution >= 0.6 is 22.7 Å². The molecule has 8 aromatic rings. The molecule has 0 aliphatic heterocycles. The van der Waals surface area contributed by atoms with Crippen molar-refractivity contribution in [2.24, 2.45) is 0 Å². The predicted molar refractivity (Wildman–Crippen MR) is 178 cm³/mol. The van der Waals surface area contributed by atoms with Crippen LogP contribution in [0.15, 0.2) is 121 Å². The van der Waals surface area contributed by atoms with Crippen LogP contribution in [0.4, 0.5) is 0 Å². The highest BCUT2D eigenvalue weighted by Gasteiger charge is 2.17. The molecule has 0 unspecified atom stereocenters. The second-order valence-corrected chi connectivity index (χ2v) is 12.5. The Hall–Kier alpha value is -5.26. The summed E-state index contributed by atoms with van der Waals surface area (Å²) >= 11 is 3.57. The fourth-order valence-electron chi connectivity index (χ4n) is 6.04. The van der Waals surface area contributed by atoms with Crippen LogP contribution in [0.1, 0.15) is 11.1 Å². The fraction of sp³-hybridized carbons (Fsp3) is 0. The summed E-state index contributed by atoms with van der Waals surface area (Å²) < 4.78 is 4.88. The van der Waals surface area contributed by atoms with E-state index >= 15 is 0 Å². The summed E-state index contributed by atoms with van der Waals surface area (Å²) in [6.45, 7) is 0. The molecule has 2 heterocycles. The van der Waals surface area contributed by atoms with Gasteiger partial charge in [-0.3, -0.25) is 0 Å². The highest BCUT2D eigenvalue weighted by Crippen LogP contribution is 2.45. The first-order chi connectivity index (χ1) is 20.7. The Morgan fingerprint density at radius 3 is 1.95 bits per heavy atom. The molecule has 8 rings (SSSR count). The first kappa shape index (κ1) is 24.5. The Kier molecular flexibility index (Phi) is 5.66. The minimum absolute atomic E-state index is 0.651. The molecule has 2 nitrogen and oxygen atoms in total. The lowest BCUT2D eigenvalue weighted by Crippen LogP contribution is -1.89. The average molecular weight is 569 g/mol. The van der Waals surface area contributed by atoms with Gasteiger partial charge in [0.05, 0.1) is 23.3 Å². The number of thiophene rings is 2. The molecule has 0 saturated carbocycles. The lowest BCUT2D eigenvalue weighted by molar-refractivity contribution is 1.48. The molecule has 0 N–H and O–H groups in total. The summed E-state index contributed by atoms with van der Waals surface area (Å²) in [6.07, 6.45) is 0. The Bertz CT molecular complexity index is 2450. The van der Waals surface area contributed by atoms with Gasteiger partial charge in [0.1, 0.15) is 0 Å². The van der Waals surface area contributed by atoms with Gasteiger partial charge in [-0.15, -0.1) is 22.7 Å². The minimum Gasteiger partial charge on any atom is -0.192 e. The zero-order valence-corrected chi connectivity index (χ0v) is 23.9. The van der Waals surface area contributed by atoms with E-state index < -0.39 is 0 Å². The molecule has 0 radical (unpaired) electrons. The zero-order chi connectivity index (χ0) is 28.2. The van der Waals surface area contributed by atoms with E-state index in [1.807, 2.05) is 47.7 Å². The van der Waals surface area contributed by atoms with Crippen LogP contribution in [0.2, 0.25) is 0 Å². The highest BCUT2D eigenvalue weighted by atomic mass is 32.1. The van der Waals surface area contributed by atoms with E-state index in [1.165, 1.54) is 30.4 Å². The van der Waals surface area contributed by atoms with E-state index in [9.17, 15) is 10.5 Å². The number of hydrogen-bond donors (Lipinski definition) is 0. The van der Waals surface area contributed by atoms with Crippen LogP contribution in [-0.2, 0) is 0 Å². The molecule has 4 heteroatoms. The minimum atomic E-state index is 0.651. The van der Waals surface area contributed by atoms with Gasteiger partial charge in [-0.25, -0.2) is 0 Å². The average Bonchev–Trinajstić information content (AvgIpc) is 3.62. The summed E-state index contributed by atoms with van der Waals surface area (Å²) in [5, 5.41) is 24.4. The quantitative estimate of drug-likeness (QED) is 0.213. The molecule has 42 heavy (non-hydrogen) atoms. The maximum absolute atomic E-state index is 9.98. The third kappa shape index (κ3) is 3.82. The number of rotatable bonds is 3. The standard InChI is InChI=1S/C38H20N2S2/c39-21-23-15-16-35-33(17-23)37-29(10-6-14-36(37)41-35)26-18-25(28-8-2-1-7-24(28)22-40)19-27(20-26)30-11-5-12-32-31-9-3-4-13-34(31)42-38(30)32/h1-20H. The number of hydrogen-bond acceptors (Lipinski definition) is 4. The fourth-order valence-corrected chi connectivity index (χ4v) is 8.39. The summed E-state index contributed by atoms with van der Waals surface area (Å²) in [5.41, 5.74) is 7.73. The van der Waals surface area contributed by atoms with Crippen molar-refractivity contribution in [2.45, 2.75) is 0 Å². The van der Waals surface area contributed by atoms with Gasteiger partial charge in [0.25, 0.3) is 0 Å². The number of fused-ring (bicyclic) bond motifs is 6. The maximum Gasteiger partial charge on any atom is 0.0998 e. The molecular formula is C38H20N2S2. The molecule has 0 aliphatic carbocycles. The molecule has 0 aliphatic rings. The molecule has 2 aromatic heterocycles. The summed E-state index contributed by atoms with van der Waals surface area (Å²) in [5.74, 6) is 0. The van der Waals surface area contributed by atoms with Crippen molar-refractivity contribution in [2.75, 3.05) is 0 Å². The SMILES string of the molecule is N#Cc1ccc2sc3cccc(-c4cc(-c5ccccc5C#N)cc(-c5cccc6c5sc5ccccc56)c4)c3c2c1. The van der Waals surface area contributed by atoms with E-state index in [1.54, 1.807) is 11.3 Å². The van der Waals surface area contributed by atoms with Gasteiger partial charge < -0.3 is 0 Å². The van der Waals surface area contributed by atoms with Crippen molar-refractivity contribution in [3.05, 3.63) is 132 Å². The van der Waals surface area contributed by atoms with Crippen LogP contribution in [0, 0.1) is 22.7 Å². The first-order valence-corrected chi connectivity index (χ1v) is 15.3. The molecule has 0 spiro atoms. The molecule has 0 fully saturated rings. The number of benzene rings is 6. The topological polar surface area (TPSA) is 47.6 Å². The zero-order valence-electron chi connectivity index (χ0n) is 22.3. The Balaban J connectivity index is 1.46. The van der Waals surface area contributed by atoms with E-state index in [0.29, 0.717) is 11.1 Å². The van der Waals surface area contributed by atoms with Crippen molar-refractivity contribution in [1.82, 2.24) is 0 Å². The van der Waals surface area contributed by atoms with E-state index in [4.69, 9.17) is 0 Å². The van der Waals surface area contributed by atoms with Crippen LogP contribution in [0.3, 0.4) is 0 Å². The third-order valence-electron chi connectivity index (χ3n) is 7.94. The predicted octanol–water partition coefficient (Wildman–Crippen LogP) is 11.2. The van der Waals surface area contributed by atoms with E-state index in [2.05, 4.69) is 97.1 Å². The highest BCUT2D eigenvalue weighted by molar-refractivity contribution is 7.26. The van der Waals surface area contributed by atoms with Crippen LogP contribution in [0.25, 0.3) is 73.7 Å². The summed E-state index contributed by atoms with van der Waals surface area (Å²) in [6, 6.07) is 46.7. The molecule has 0 atom stereocenters. The Labute approximate surface area is 250 Å². The molecular weight excluding hydrogens is 549 g/mol. The van der Waals surface area contributed by atoms with Crippen molar-refractivity contribution < 1.29 is 0 Å². The molecule has 6 aromatic carbocycles. The second kappa shape index (κ2) is 9.68. The van der Waals surface area contributed by atoms with Gasteiger partial charge in [0.2, 0.25) is 0 Å². The van der Waals surface area contributed by atoms with Gasteiger partial charge in [0, 0.05) is 40.3 Å². The normalized spacial score (nSPS) is 11.3. The van der Waals surface area contributed by atoms with Crippen LogP contribution in [-0.4, -0.2) is 0 Å². The van der Waals surface area contributed by atoms with Crippen LogP contribution < -0.4 is 0 Å². The molecule has 0 saturated heterocycles. The largest absolute Gasteiger partial charge is 0.192 e. The number of nitrogens with zero attached hydrogens (tertiary/aromatic N) is 2. The van der Waals surface area contributed by atoms with E-state index in [0.717, 1.165) is 43.3 Å². The van der Waals surface area contributed by atoms with Crippen molar-refractivity contribution in [3.63, 3.8) is 0 Å². The third-order valence-corrected chi connectivity index (χ3v) is 10.3. The second-order valence-electron chi connectivity index (χ2n) is 10.3. The van der Waals surface area contributed by atoms with Gasteiger partial charge in [-0.05, 0) is 88.0 Å². The molecule has 0 bridgehead atoms. The van der Waals surface area contributed by atoms with Crippen molar-refractivity contribution in [3.8, 4) is 45.5 Å². The lowest BCUT2D eigenvalue weighted by Gasteiger charge is -2.14. The summed E-state index contributed by atoms with van der Waals surface area (Å²) in [4.78, 5) is 0. The van der Waals surface area contributed by atoms with Crippen molar-refractivity contribution in [1.29, 1.82) is 10.5 Å². The molecule has 0 amide bonds. The van der Waals surface area contributed by atoms with Gasteiger partial charge in [0.15, 0.2) is 0 Å². The van der Waals surface area contributed by atoms with Crippen LogP contribution in [0.5, 0.6) is 0 Å². The molecule has 194 valence electrons. The monoisotopic (exact) mass is 568 g/mol. The van der Waals surface area contributed by atoms with Crippen molar-refractivity contribution >= 4 is 63.0 Å². The Morgan fingerprint density at radius 1 is 0.452 bits per heavy atom. The lowest BCUT2D eigenvalue weighted by atomic mass is 9.90. The smallest absolute Gasteiger partial charge is 0.0998 e. The van der Waals surface area contributed by atoms with Gasteiger partial charge in [-0.2, -0.15) is 10.5 Å². The van der Waals surface area contributed by atoms with Gasteiger partial charge >= 0.3 is 0 Å².